The molecule has 0 fully saturated rings. The molecule has 0 unspecified atom stereocenters. The van der Waals surface area contributed by atoms with Crippen molar-refractivity contribution >= 4 is 43.4 Å². The van der Waals surface area contributed by atoms with Crippen LogP contribution in [0.3, 0.4) is 0 Å². The maximum Gasteiger partial charge on any atom is 0.266 e. The van der Waals surface area contributed by atoms with Crippen LogP contribution in [-0.2, 0) is 10.0 Å². The van der Waals surface area contributed by atoms with E-state index in [-0.39, 0.29) is 21.5 Å². The number of aromatic amines is 1. The van der Waals surface area contributed by atoms with Crippen molar-refractivity contribution in [2.45, 2.75) is 4.90 Å². The Morgan fingerprint density at radius 2 is 2.21 bits per heavy atom. The van der Waals surface area contributed by atoms with Crippen molar-refractivity contribution in [1.29, 1.82) is 0 Å². The quantitative estimate of drug-likeness (QED) is 0.871. The maximum absolute atomic E-state index is 12.3. The number of methoxy groups -OCH3 is 1. The molecule has 2 rings (SSSR count). The fourth-order valence-corrected chi connectivity index (χ4v) is 3.85. The van der Waals surface area contributed by atoms with E-state index in [0.29, 0.717) is 4.47 Å². The van der Waals surface area contributed by atoms with Crippen LogP contribution in [0.15, 0.2) is 33.8 Å². The zero-order valence-electron chi connectivity index (χ0n) is 9.65. The van der Waals surface area contributed by atoms with E-state index in [4.69, 9.17) is 16.3 Å². The first kappa shape index (κ1) is 14.2. The summed E-state index contributed by atoms with van der Waals surface area (Å²) in [5, 5.41) is 6.44. The summed E-state index contributed by atoms with van der Waals surface area (Å²) >= 11 is 9.08. The lowest BCUT2D eigenvalue weighted by atomic mass is 10.3. The molecule has 1 heterocycles. The third kappa shape index (κ3) is 3.02. The molecule has 0 aliphatic rings. The van der Waals surface area contributed by atoms with Gasteiger partial charge in [-0.1, -0.05) is 11.6 Å². The van der Waals surface area contributed by atoms with E-state index in [1.165, 1.54) is 25.4 Å². The molecular weight excluding hydrogens is 358 g/mol. The van der Waals surface area contributed by atoms with Crippen LogP contribution >= 0.6 is 27.5 Å². The molecule has 2 N–H and O–H groups in total. The number of nitrogens with one attached hydrogen (secondary N) is 2. The van der Waals surface area contributed by atoms with Gasteiger partial charge in [0.25, 0.3) is 10.0 Å². The summed E-state index contributed by atoms with van der Waals surface area (Å²) in [6.45, 7) is 0. The summed E-state index contributed by atoms with van der Waals surface area (Å²) < 4.78 is 32.4. The molecule has 1 aromatic carbocycles. The Balaban J connectivity index is 2.51. The van der Waals surface area contributed by atoms with Crippen LogP contribution in [0.4, 0.5) is 5.82 Å². The lowest BCUT2D eigenvalue weighted by molar-refractivity contribution is 0.400. The average molecular weight is 367 g/mol. The fraction of sp³-hybridized carbons (Fsp3) is 0.100. The first-order chi connectivity index (χ1) is 8.94. The Labute approximate surface area is 123 Å². The van der Waals surface area contributed by atoms with E-state index < -0.39 is 10.0 Å². The third-order valence-corrected chi connectivity index (χ3v) is 4.39. The lowest BCUT2D eigenvalue weighted by Crippen LogP contribution is -2.14. The van der Waals surface area contributed by atoms with Crippen LogP contribution < -0.4 is 9.46 Å². The van der Waals surface area contributed by atoms with E-state index in [1.807, 2.05) is 0 Å². The minimum atomic E-state index is -3.83. The molecule has 6 nitrogen and oxygen atoms in total. The zero-order valence-corrected chi connectivity index (χ0v) is 12.8. The number of H-pyrrole nitrogens is 1. The summed E-state index contributed by atoms with van der Waals surface area (Å²) in [7, 11) is -2.45. The van der Waals surface area contributed by atoms with Crippen LogP contribution in [0.1, 0.15) is 0 Å². The number of ether oxygens (including phenoxy) is 1. The second-order valence-electron chi connectivity index (χ2n) is 3.49. The summed E-state index contributed by atoms with van der Waals surface area (Å²) in [5.41, 5.74) is 0. The number of hydrogen-bond acceptors (Lipinski definition) is 4. The van der Waals surface area contributed by atoms with Crippen LogP contribution in [0.5, 0.6) is 5.75 Å². The Bertz CT molecular complexity index is 688. The molecule has 0 radical (unpaired) electrons. The molecule has 0 aliphatic carbocycles. The van der Waals surface area contributed by atoms with Gasteiger partial charge in [-0.25, -0.2) is 8.42 Å². The van der Waals surface area contributed by atoms with Crippen LogP contribution in [0.2, 0.25) is 5.02 Å². The standard InChI is InChI=1S/C10H9BrClN3O3S/c1-18-10-7(11)4-6(12)5-8(10)19(16,17)15-9-2-3-13-14-9/h2-5H,1H3,(H2,13,14,15). The topological polar surface area (TPSA) is 84.1 Å². The Morgan fingerprint density at radius 3 is 2.79 bits per heavy atom. The number of anilines is 1. The summed E-state index contributed by atoms with van der Waals surface area (Å²) in [6.07, 6.45) is 1.43. The van der Waals surface area contributed by atoms with Crippen molar-refractivity contribution in [3.8, 4) is 5.75 Å². The third-order valence-electron chi connectivity index (χ3n) is 2.21. The van der Waals surface area contributed by atoms with Crippen LogP contribution in [0, 0.1) is 0 Å². The largest absolute Gasteiger partial charge is 0.494 e. The molecule has 19 heavy (non-hydrogen) atoms. The minimum Gasteiger partial charge on any atom is -0.494 e. The smallest absolute Gasteiger partial charge is 0.266 e. The molecule has 0 saturated carbocycles. The lowest BCUT2D eigenvalue weighted by Gasteiger charge is -2.12. The molecule has 0 amide bonds. The summed E-state index contributed by atoms with van der Waals surface area (Å²) in [4.78, 5) is -0.0658. The average Bonchev–Trinajstić information content (AvgIpc) is 2.80. The van der Waals surface area contributed by atoms with E-state index in [2.05, 4.69) is 30.8 Å². The number of aromatic nitrogens is 2. The fourth-order valence-electron chi connectivity index (χ4n) is 1.45. The number of benzene rings is 1. The van der Waals surface area contributed by atoms with Crippen molar-refractivity contribution in [3.63, 3.8) is 0 Å². The van der Waals surface area contributed by atoms with Crippen LogP contribution in [0.25, 0.3) is 0 Å². The van der Waals surface area contributed by atoms with Gasteiger partial charge >= 0.3 is 0 Å². The molecule has 0 atom stereocenters. The van der Waals surface area contributed by atoms with Gasteiger partial charge in [0.1, 0.15) is 10.7 Å². The molecule has 1 aromatic heterocycles. The van der Waals surface area contributed by atoms with Gasteiger partial charge < -0.3 is 4.74 Å². The number of hydrogen-bond donors (Lipinski definition) is 2. The highest BCUT2D eigenvalue weighted by Gasteiger charge is 2.23. The van der Waals surface area contributed by atoms with Gasteiger partial charge in [-0.2, -0.15) is 5.10 Å². The Morgan fingerprint density at radius 1 is 1.47 bits per heavy atom. The molecule has 0 saturated heterocycles. The molecule has 102 valence electrons. The van der Waals surface area contributed by atoms with E-state index in [0.717, 1.165) is 0 Å². The highest BCUT2D eigenvalue weighted by molar-refractivity contribution is 9.10. The first-order valence-electron chi connectivity index (χ1n) is 4.99. The van der Waals surface area contributed by atoms with Crippen molar-refractivity contribution < 1.29 is 13.2 Å². The number of halogens is 2. The van der Waals surface area contributed by atoms with Crippen molar-refractivity contribution in [2.24, 2.45) is 0 Å². The van der Waals surface area contributed by atoms with Gasteiger partial charge in [0.05, 0.1) is 17.8 Å². The van der Waals surface area contributed by atoms with E-state index >= 15 is 0 Å². The number of sulfonamides is 1. The SMILES string of the molecule is COc1c(Br)cc(Cl)cc1S(=O)(=O)Nc1ccn[nH]1. The molecule has 0 spiro atoms. The van der Waals surface area contributed by atoms with Gasteiger partial charge in [0, 0.05) is 11.1 Å². The molecule has 9 heteroatoms. The van der Waals surface area contributed by atoms with Crippen molar-refractivity contribution in [3.05, 3.63) is 33.9 Å². The van der Waals surface area contributed by atoms with Gasteiger partial charge in [-0.3, -0.25) is 9.82 Å². The summed E-state index contributed by atoms with van der Waals surface area (Å²) in [6, 6.07) is 4.35. The van der Waals surface area contributed by atoms with Gasteiger partial charge in [-0.15, -0.1) is 0 Å². The molecule has 2 aromatic rings. The second kappa shape index (κ2) is 5.40. The number of rotatable bonds is 4. The normalized spacial score (nSPS) is 11.3. The Hall–Kier alpha value is -1.25. The van der Waals surface area contributed by atoms with Gasteiger partial charge in [0.2, 0.25) is 0 Å². The maximum atomic E-state index is 12.3. The zero-order chi connectivity index (χ0) is 14.0. The highest BCUT2D eigenvalue weighted by atomic mass is 79.9. The van der Waals surface area contributed by atoms with Crippen molar-refractivity contribution in [2.75, 3.05) is 11.8 Å². The van der Waals surface area contributed by atoms with Gasteiger partial charge in [-0.05, 0) is 28.1 Å². The Kier molecular flexibility index (Phi) is 4.02. The predicted molar refractivity (Wildman–Crippen MR) is 75.1 cm³/mol. The first-order valence-corrected chi connectivity index (χ1v) is 7.64. The molecular formula is C10H9BrClN3O3S. The molecule has 0 aliphatic heterocycles. The molecule has 0 bridgehead atoms. The van der Waals surface area contributed by atoms with E-state index in [1.54, 1.807) is 6.07 Å². The minimum absolute atomic E-state index is 0.0658. The number of nitrogens with zero attached hydrogens (tertiary/aromatic N) is 1. The summed E-state index contributed by atoms with van der Waals surface area (Å²) in [5.74, 6) is 0.426. The monoisotopic (exact) mass is 365 g/mol. The van der Waals surface area contributed by atoms with Crippen LogP contribution in [-0.4, -0.2) is 25.7 Å². The predicted octanol–water partition coefficient (Wildman–Crippen LogP) is 2.63. The van der Waals surface area contributed by atoms with Crippen molar-refractivity contribution in [1.82, 2.24) is 10.2 Å². The highest BCUT2D eigenvalue weighted by Crippen LogP contribution is 2.35. The second-order valence-corrected chi connectivity index (χ2v) is 6.44. The van der Waals surface area contributed by atoms with E-state index in [9.17, 15) is 8.42 Å². The van der Waals surface area contributed by atoms with Gasteiger partial charge in [0.15, 0.2) is 5.75 Å².